The number of carbonyl (C=O) groups is 2. The van der Waals surface area contributed by atoms with E-state index < -0.39 is 0 Å². The Balaban J connectivity index is 2.00. The SMILES string of the molecule is O=C1CCN(C(=O)c2ccc(F)c3ccccc23)CC1. The van der Waals surface area contributed by atoms with E-state index in [0.29, 0.717) is 42.3 Å². The molecule has 102 valence electrons. The number of hydrogen-bond acceptors (Lipinski definition) is 2. The summed E-state index contributed by atoms with van der Waals surface area (Å²) in [7, 11) is 0. The van der Waals surface area contributed by atoms with E-state index in [9.17, 15) is 14.0 Å². The van der Waals surface area contributed by atoms with E-state index in [2.05, 4.69) is 0 Å². The predicted octanol–water partition coefficient (Wildman–Crippen LogP) is 2.78. The van der Waals surface area contributed by atoms with Gasteiger partial charge in [-0.05, 0) is 17.5 Å². The highest BCUT2D eigenvalue weighted by Gasteiger charge is 2.23. The van der Waals surface area contributed by atoms with Gasteiger partial charge in [0, 0.05) is 36.9 Å². The Morgan fingerprint density at radius 2 is 1.65 bits per heavy atom. The van der Waals surface area contributed by atoms with Crippen molar-refractivity contribution in [3.63, 3.8) is 0 Å². The van der Waals surface area contributed by atoms with Crippen LogP contribution < -0.4 is 0 Å². The maximum absolute atomic E-state index is 13.8. The second-order valence-electron chi connectivity index (χ2n) is 4.97. The molecule has 0 aliphatic carbocycles. The summed E-state index contributed by atoms with van der Waals surface area (Å²) in [5.41, 5.74) is 0.497. The van der Waals surface area contributed by atoms with Crippen LogP contribution in [0, 0.1) is 5.82 Å². The minimum atomic E-state index is -0.328. The zero-order chi connectivity index (χ0) is 14.1. The van der Waals surface area contributed by atoms with Gasteiger partial charge in [-0.1, -0.05) is 24.3 Å². The molecule has 20 heavy (non-hydrogen) atoms. The molecule has 0 unspecified atom stereocenters. The smallest absolute Gasteiger partial charge is 0.254 e. The van der Waals surface area contributed by atoms with E-state index >= 15 is 0 Å². The van der Waals surface area contributed by atoms with E-state index in [1.165, 1.54) is 12.1 Å². The van der Waals surface area contributed by atoms with Crippen molar-refractivity contribution in [1.29, 1.82) is 0 Å². The number of ketones is 1. The Hall–Kier alpha value is -2.23. The van der Waals surface area contributed by atoms with Crippen molar-refractivity contribution in [2.75, 3.05) is 13.1 Å². The topological polar surface area (TPSA) is 37.4 Å². The largest absolute Gasteiger partial charge is 0.338 e. The molecule has 0 spiro atoms. The van der Waals surface area contributed by atoms with Gasteiger partial charge in [0.15, 0.2) is 0 Å². The van der Waals surface area contributed by atoms with Gasteiger partial charge in [0.1, 0.15) is 11.6 Å². The maximum Gasteiger partial charge on any atom is 0.254 e. The molecule has 4 heteroatoms. The molecule has 0 N–H and O–H groups in total. The standard InChI is InChI=1S/C16H14FNO2/c17-15-6-5-14(12-3-1-2-4-13(12)15)16(20)18-9-7-11(19)8-10-18/h1-6H,7-10H2. The Morgan fingerprint density at radius 1 is 1.00 bits per heavy atom. The minimum Gasteiger partial charge on any atom is -0.338 e. The lowest BCUT2D eigenvalue weighted by atomic mass is 10.0. The van der Waals surface area contributed by atoms with Crippen LogP contribution >= 0.6 is 0 Å². The number of rotatable bonds is 1. The van der Waals surface area contributed by atoms with Crippen molar-refractivity contribution in [1.82, 2.24) is 4.90 Å². The Kier molecular flexibility index (Phi) is 3.22. The third-order valence-electron chi connectivity index (χ3n) is 3.71. The molecule has 0 atom stereocenters. The van der Waals surface area contributed by atoms with Crippen LogP contribution in [0.4, 0.5) is 4.39 Å². The fraction of sp³-hybridized carbons (Fsp3) is 0.250. The van der Waals surface area contributed by atoms with Gasteiger partial charge in [-0.2, -0.15) is 0 Å². The Bertz CT molecular complexity index is 686. The molecule has 1 fully saturated rings. The van der Waals surface area contributed by atoms with E-state index in [4.69, 9.17) is 0 Å². The monoisotopic (exact) mass is 271 g/mol. The molecular weight excluding hydrogens is 257 g/mol. The van der Waals surface area contributed by atoms with Gasteiger partial charge in [0.2, 0.25) is 0 Å². The lowest BCUT2D eigenvalue weighted by Crippen LogP contribution is -2.38. The van der Waals surface area contributed by atoms with Crippen molar-refractivity contribution >= 4 is 22.5 Å². The molecule has 2 aromatic rings. The lowest BCUT2D eigenvalue weighted by molar-refractivity contribution is -0.120. The first kappa shape index (κ1) is 12.8. The number of nitrogens with zero attached hydrogens (tertiary/aromatic N) is 1. The highest BCUT2D eigenvalue weighted by molar-refractivity contribution is 6.07. The number of Topliss-reactive ketones (excluding diaryl/α,β-unsaturated/α-hetero) is 1. The van der Waals surface area contributed by atoms with Crippen molar-refractivity contribution in [3.8, 4) is 0 Å². The molecular formula is C16H14FNO2. The van der Waals surface area contributed by atoms with Gasteiger partial charge >= 0.3 is 0 Å². The van der Waals surface area contributed by atoms with Crippen LogP contribution in [0.1, 0.15) is 23.2 Å². The number of likely N-dealkylation sites (tertiary alicyclic amines) is 1. The number of benzene rings is 2. The molecule has 2 aromatic carbocycles. The van der Waals surface area contributed by atoms with Crippen LogP contribution in [0.25, 0.3) is 10.8 Å². The fourth-order valence-corrected chi connectivity index (χ4v) is 2.58. The first-order valence-corrected chi connectivity index (χ1v) is 6.65. The predicted molar refractivity (Wildman–Crippen MR) is 74.1 cm³/mol. The summed E-state index contributed by atoms with van der Waals surface area (Å²) in [6.07, 6.45) is 0.815. The third kappa shape index (κ3) is 2.18. The van der Waals surface area contributed by atoms with Crippen molar-refractivity contribution < 1.29 is 14.0 Å². The average Bonchev–Trinajstić information content (AvgIpc) is 2.48. The van der Waals surface area contributed by atoms with Gasteiger partial charge in [-0.3, -0.25) is 9.59 Å². The summed E-state index contributed by atoms with van der Waals surface area (Å²) in [5.74, 6) is -0.266. The Morgan fingerprint density at radius 3 is 2.35 bits per heavy atom. The van der Waals surface area contributed by atoms with E-state index in [1.807, 2.05) is 0 Å². The molecule has 0 aromatic heterocycles. The van der Waals surface area contributed by atoms with Crippen molar-refractivity contribution in [2.24, 2.45) is 0 Å². The summed E-state index contributed by atoms with van der Waals surface area (Å²) in [6, 6.07) is 9.81. The highest BCUT2D eigenvalue weighted by atomic mass is 19.1. The number of fused-ring (bicyclic) bond motifs is 1. The molecule has 1 amide bonds. The molecule has 0 bridgehead atoms. The van der Waals surface area contributed by atoms with Crippen LogP contribution in [0.3, 0.4) is 0 Å². The van der Waals surface area contributed by atoms with Crippen molar-refractivity contribution in [3.05, 3.63) is 47.8 Å². The van der Waals surface area contributed by atoms with E-state index in [-0.39, 0.29) is 17.5 Å². The summed E-state index contributed by atoms with van der Waals surface area (Å²) < 4.78 is 13.8. The summed E-state index contributed by atoms with van der Waals surface area (Å²) in [6.45, 7) is 0.896. The first-order valence-electron chi connectivity index (χ1n) is 6.65. The fourth-order valence-electron chi connectivity index (χ4n) is 2.58. The maximum atomic E-state index is 13.8. The van der Waals surface area contributed by atoms with Crippen LogP contribution in [0.15, 0.2) is 36.4 Å². The zero-order valence-corrected chi connectivity index (χ0v) is 10.9. The molecule has 0 saturated carbocycles. The minimum absolute atomic E-state index is 0.131. The van der Waals surface area contributed by atoms with E-state index in [1.54, 1.807) is 29.2 Å². The molecule has 0 radical (unpaired) electrons. The van der Waals surface area contributed by atoms with Gasteiger partial charge in [0.05, 0.1) is 0 Å². The van der Waals surface area contributed by atoms with Crippen LogP contribution in [0.5, 0.6) is 0 Å². The highest BCUT2D eigenvalue weighted by Crippen LogP contribution is 2.23. The summed E-state index contributed by atoms with van der Waals surface area (Å²) in [4.78, 5) is 25.4. The quantitative estimate of drug-likeness (QED) is 0.799. The molecule has 1 heterocycles. The average molecular weight is 271 g/mol. The molecule has 3 nitrogen and oxygen atoms in total. The Labute approximate surface area is 116 Å². The zero-order valence-electron chi connectivity index (χ0n) is 10.9. The lowest BCUT2D eigenvalue weighted by Gasteiger charge is -2.26. The second kappa shape index (κ2) is 5.04. The van der Waals surface area contributed by atoms with Crippen LogP contribution in [-0.4, -0.2) is 29.7 Å². The molecule has 3 rings (SSSR count). The molecule has 1 aliphatic heterocycles. The third-order valence-corrected chi connectivity index (χ3v) is 3.71. The van der Waals surface area contributed by atoms with Crippen molar-refractivity contribution in [2.45, 2.75) is 12.8 Å². The van der Waals surface area contributed by atoms with E-state index in [0.717, 1.165) is 0 Å². The second-order valence-corrected chi connectivity index (χ2v) is 4.97. The number of hydrogen-bond donors (Lipinski definition) is 0. The van der Waals surface area contributed by atoms with Crippen LogP contribution in [-0.2, 0) is 4.79 Å². The van der Waals surface area contributed by atoms with Gasteiger partial charge < -0.3 is 4.90 Å². The van der Waals surface area contributed by atoms with Gasteiger partial charge in [-0.15, -0.1) is 0 Å². The number of carbonyl (C=O) groups excluding carboxylic acids is 2. The molecule has 1 saturated heterocycles. The van der Waals surface area contributed by atoms with Gasteiger partial charge in [0.25, 0.3) is 5.91 Å². The number of amides is 1. The first-order chi connectivity index (χ1) is 9.66. The normalized spacial score (nSPS) is 15.7. The van der Waals surface area contributed by atoms with Crippen LogP contribution in [0.2, 0.25) is 0 Å². The summed E-state index contributed by atoms with van der Waals surface area (Å²) in [5, 5.41) is 1.07. The number of halogens is 1. The van der Waals surface area contributed by atoms with Gasteiger partial charge in [-0.25, -0.2) is 4.39 Å². The molecule has 1 aliphatic rings. The number of piperidine rings is 1. The summed E-state index contributed by atoms with van der Waals surface area (Å²) >= 11 is 0.